The zero-order valence-electron chi connectivity index (χ0n) is 20.2. The lowest BCUT2D eigenvalue weighted by Gasteiger charge is -2.39. The van der Waals surface area contributed by atoms with E-state index in [-0.39, 0.29) is 0 Å². The Hall–Kier alpha value is -1.90. The summed E-state index contributed by atoms with van der Waals surface area (Å²) in [6.07, 6.45) is -6.14. The van der Waals surface area contributed by atoms with Gasteiger partial charge in [0.25, 0.3) is 0 Å². The summed E-state index contributed by atoms with van der Waals surface area (Å²) in [5.74, 6) is -5.51. The molecule has 2 aliphatic rings. The van der Waals surface area contributed by atoms with Crippen LogP contribution in [0.5, 0.6) is 0 Å². The zero-order chi connectivity index (χ0) is 27.7. The molecule has 2 aliphatic heterocycles. The molecule has 0 saturated carbocycles. The van der Waals surface area contributed by atoms with Crippen LogP contribution in [0.4, 0.5) is 26.3 Å². The third kappa shape index (κ3) is 10.6. The minimum absolute atomic E-state index is 0.541. The van der Waals surface area contributed by atoms with Crippen LogP contribution in [-0.2, 0) is 20.9 Å². The number of carbonyl (C=O) groups is 2. The predicted molar refractivity (Wildman–Crippen MR) is 121 cm³/mol. The molecule has 0 aliphatic carbocycles. The van der Waals surface area contributed by atoms with Gasteiger partial charge in [-0.25, -0.2) is 9.59 Å². The molecular weight excluding hydrogens is 518 g/mol. The Kier molecular flexibility index (Phi) is 12.1. The molecule has 0 bridgehead atoms. The lowest BCUT2D eigenvalue weighted by atomic mass is 9.76. The highest BCUT2D eigenvalue weighted by Crippen LogP contribution is 2.44. The average Bonchev–Trinajstić information content (AvgIpc) is 3.38. The third-order valence-electron chi connectivity index (χ3n) is 6.04. The largest absolute Gasteiger partial charge is 0.490 e. The second kappa shape index (κ2) is 13.6. The maximum absolute atomic E-state index is 10.6. The molecule has 3 heterocycles. The number of thiophene rings is 1. The molecule has 208 valence electrons. The van der Waals surface area contributed by atoms with E-state index >= 15 is 0 Å². The molecule has 3 rings (SSSR count). The number of piperidine rings is 1. The summed E-state index contributed by atoms with van der Waals surface area (Å²) in [4.78, 5) is 24.6. The van der Waals surface area contributed by atoms with Crippen LogP contribution in [0.3, 0.4) is 0 Å². The van der Waals surface area contributed by atoms with Gasteiger partial charge in [-0.05, 0) is 63.1 Å². The Bertz CT molecular complexity index is 785. The fraction of sp³-hybridized carbons (Fsp3) is 0.727. The van der Waals surface area contributed by atoms with Gasteiger partial charge in [0, 0.05) is 37.2 Å². The van der Waals surface area contributed by atoms with Crippen LogP contribution in [0.1, 0.15) is 38.0 Å². The normalized spacial score (nSPS) is 20.4. The summed E-state index contributed by atoms with van der Waals surface area (Å²) >= 11 is 1.89. The molecular formula is C22H32F6N2O5S. The molecule has 1 aromatic rings. The standard InChI is InChI=1S/C18H30N2OS.2C2HF3O2/c1-15(2)20-14-18(11-16(20)13-21-3)6-8-19(9-7-18)12-17-5-4-10-22-17;2*3-2(4,5)1(6)7/h4-5,10,15-16H,6-9,11-14H2,1-3H3;2*(H,6,7). The van der Waals surface area contributed by atoms with Gasteiger partial charge in [0.05, 0.1) is 6.61 Å². The Morgan fingerprint density at radius 2 is 1.61 bits per heavy atom. The maximum Gasteiger partial charge on any atom is 0.490 e. The van der Waals surface area contributed by atoms with Crippen molar-refractivity contribution in [3.63, 3.8) is 0 Å². The van der Waals surface area contributed by atoms with Gasteiger partial charge >= 0.3 is 24.3 Å². The van der Waals surface area contributed by atoms with E-state index in [1.807, 2.05) is 18.4 Å². The van der Waals surface area contributed by atoms with Crippen LogP contribution in [0.15, 0.2) is 17.5 Å². The van der Waals surface area contributed by atoms with E-state index in [1.165, 1.54) is 43.8 Å². The van der Waals surface area contributed by atoms with E-state index in [0.29, 0.717) is 17.5 Å². The molecule has 0 aromatic carbocycles. The highest BCUT2D eigenvalue weighted by molar-refractivity contribution is 7.09. The van der Waals surface area contributed by atoms with E-state index in [2.05, 4.69) is 41.2 Å². The Morgan fingerprint density at radius 1 is 1.11 bits per heavy atom. The van der Waals surface area contributed by atoms with Gasteiger partial charge in [-0.2, -0.15) is 26.3 Å². The quantitative estimate of drug-likeness (QED) is 0.513. The Balaban J connectivity index is 0.000000383. The maximum atomic E-state index is 10.6. The number of methoxy groups -OCH3 is 1. The van der Waals surface area contributed by atoms with Crippen molar-refractivity contribution in [3.05, 3.63) is 22.4 Å². The van der Waals surface area contributed by atoms with Crippen LogP contribution < -0.4 is 0 Å². The first-order chi connectivity index (χ1) is 16.5. The fourth-order valence-electron chi connectivity index (χ4n) is 4.32. The molecule has 1 spiro atoms. The number of alkyl halides is 6. The number of likely N-dealkylation sites (tertiary alicyclic amines) is 2. The van der Waals surface area contributed by atoms with Crippen LogP contribution in [0.2, 0.25) is 0 Å². The Morgan fingerprint density at radius 3 is 1.97 bits per heavy atom. The van der Waals surface area contributed by atoms with Gasteiger partial charge in [-0.1, -0.05) is 6.07 Å². The Labute approximate surface area is 209 Å². The summed E-state index contributed by atoms with van der Waals surface area (Å²) in [7, 11) is 1.84. The predicted octanol–water partition coefficient (Wildman–Crippen LogP) is 4.73. The van der Waals surface area contributed by atoms with Gasteiger partial charge in [0.2, 0.25) is 0 Å². The minimum atomic E-state index is -5.08. The molecule has 1 unspecified atom stereocenters. The highest BCUT2D eigenvalue weighted by atomic mass is 32.1. The second-order valence-corrected chi connectivity index (χ2v) is 10.1. The van der Waals surface area contributed by atoms with Crippen LogP contribution in [0.25, 0.3) is 0 Å². The van der Waals surface area contributed by atoms with E-state index in [9.17, 15) is 26.3 Å². The summed E-state index contributed by atoms with van der Waals surface area (Å²) in [5, 5.41) is 16.4. The van der Waals surface area contributed by atoms with Crippen molar-refractivity contribution in [2.45, 2.75) is 64.1 Å². The summed E-state index contributed by atoms with van der Waals surface area (Å²) < 4.78 is 69.0. The highest BCUT2D eigenvalue weighted by Gasteiger charge is 2.46. The molecule has 14 heteroatoms. The molecule has 2 fully saturated rings. The van der Waals surface area contributed by atoms with Crippen molar-refractivity contribution in [2.24, 2.45) is 5.41 Å². The molecule has 0 radical (unpaired) electrons. The first-order valence-corrected chi connectivity index (χ1v) is 12.0. The smallest absolute Gasteiger partial charge is 0.475 e. The number of ether oxygens (including phenoxy) is 1. The van der Waals surface area contributed by atoms with Crippen LogP contribution in [0, 0.1) is 5.41 Å². The zero-order valence-corrected chi connectivity index (χ0v) is 21.0. The van der Waals surface area contributed by atoms with Gasteiger partial charge < -0.3 is 14.9 Å². The molecule has 2 saturated heterocycles. The molecule has 1 atom stereocenters. The number of hydrogen-bond donors (Lipinski definition) is 2. The van der Waals surface area contributed by atoms with Crippen LogP contribution in [-0.4, -0.2) is 89.7 Å². The fourth-order valence-corrected chi connectivity index (χ4v) is 5.07. The number of hydrogen-bond acceptors (Lipinski definition) is 6. The van der Waals surface area contributed by atoms with Gasteiger partial charge in [-0.15, -0.1) is 11.3 Å². The van der Waals surface area contributed by atoms with Crippen molar-refractivity contribution in [2.75, 3.05) is 33.4 Å². The first kappa shape index (κ1) is 32.1. The lowest BCUT2D eigenvalue weighted by Crippen LogP contribution is -2.42. The molecule has 2 N–H and O–H groups in total. The summed E-state index contributed by atoms with van der Waals surface area (Å²) in [6, 6.07) is 5.68. The monoisotopic (exact) mass is 550 g/mol. The van der Waals surface area contributed by atoms with E-state index in [0.717, 1.165) is 13.2 Å². The number of rotatable bonds is 5. The third-order valence-corrected chi connectivity index (χ3v) is 6.90. The van der Waals surface area contributed by atoms with Gasteiger partial charge in [-0.3, -0.25) is 9.80 Å². The summed E-state index contributed by atoms with van der Waals surface area (Å²) in [5.41, 5.74) is 0.541. The number of carboxylic acids is 2. The van der Waals surface area contributed by atoms with E-state index in [4.69, 9.17) is 24.5 Å². The molecule has 36 heavy (non-hydrogen) atoms. The second-order valence-electron chi connectivity index (χ2n) is 9.04. The van der Waals surface area contributed by atoms with Crippen LogP contribution >= 0.6 is 11.3 Å². The van der Waals surface area contributed by atoms with E-state index in [1.54, 1.807) is 0 Å². The van der Waals surface area contributed by atoms with Crippen molar-refractivity contribution >= 4 is 23.3 Å². The summed E-state index contributed by atoms with van der Waals surface area (Å²) in [6.45, 7) is 10.5. The van der Waals surface area contributed by atoms with Gasteiger partial charge in [0.1, 0.15) is 0 Å². The van der Waals surface area contributed by atoms with Crippen molar-refractivity contribution in [1.82, 2.24) is 9.80 Å². The molecule has 1 aromatic heterocycles. The first-order valence-electron chi connectivity index (χ1n) is 11.1. The topological polar surface area (TPSA) is 90.3 Å². The van der Waals surface area contributed by atoms with Crippen molar-refractivity contribution < 1.29 is 50.9 Å². The number of aliphatic carboxylic acids is 2. The number of halogens is 6. The minimum Gasteiger partial charge on any atom is -0.475 e. The lowest BCUT2D eigenvalue weighted by molar-refractivity contribution is -0.193. The number of carboxylic acid groups (broad SMARTS) is 2. The van der Waals surface area contributed by atoms with Crippen molar-refractivity contribution in [3.8, 4) is 0 Å². The van der Waals surface area contributed by atoms with E-state index < -0.39 is 24.3 Å². The molecule has 0 amide bonds. The van der Waals surface area contributed by atoms with Crippen molar-refractivity contribution in [1.29, 1.82) is 0 Å². The van der Waals surface area contributed by atoms with Gasteiger partial charge in [0.15, 0.2) is 0 Å². The SMILES string of the molecule is COCC1CC2(CCN(Cc3cccs3)CC2)CN1C(C)C.O=C(O)C(F)(F)F.O=C(O)C(F)(F)F. The average molecular weight is 551 g/mol. The molecule has 7 nitrogen and oxygen atoms in total. The number of nitrogens with zero attached hydrogens (tertiary/aromatic N) is 2.